The number of aryl methyl sites for hydroxylation is 1. The van der Waals surface area contributed by atoms with Gasteiger partial charge in [0.2, 0.25) is 5.91 Å². The lowest BCUT2D eigenvalue weighted by atomic mass is 9.95. The van der Waals surface area contributed by atoms with Crippen LogP contribution in [0, 0.1) is 0 Å². The Labute approximate surface area is 132 Å². The maximum absolute atomic E-state index is 11.8. The fraction of sp³-hybridized carbons (Fsp3) is 0.625. The summed E-state index contributed by atoms with van der Waals surface area (Å²) >= 11 is 0. The summed E-state index contributed by atoms with van der Waals surface area (Å²) in [4.78, 5) is 11.8. The number of carbonyl (C=O) groups is 1. The van der Waals surface area contributed by atoms with Gasteiger partial charge >= 0.3 is 0 Å². The molecule has 1 amide bonds. The van der Waals surface area contributed by atoms with Gasteiger partial charge in [-0.15, -0.1) is 0 Å². The maximum atomic E-state index is 11.8. The summed E-state index contributed by atoms with van der Waals surface area (Å²) in [6.45, 7) is 0.998. The van der Waals surface area contributed by atoms with Crippen LogP contribution in [0.3, 0.4) is 0 Å². The van der Waals surface area contributed by atoms with E-state index in [0.29, 0.717) is 12.5 Å². The monoisotopic (exact) mass is 340 g/mol. The Balaban J connectivity index is 0.00000200. The molecule has 2 rings (SSSR count). The average molecular weight is 341 g/mol. The topological polar surface area (TPSA) is 33.0 Å². The summed E-state index contributed by atoms with van der Waals surface area (Å²) in [5, 5.41) is 3.17. The second kappa shape index (κ2) is 9.92. The Morgan fingerprint density at radius 2 is 1.75 bits per heavy atom. The van der Waals surface area contributed by atoms with Crippen molar-refractivity contribution in [3.05, 3.63) is 30.6 Å². The third-order valence-corrected chi connectivity index (χ3v) is 3.82. The van der Waals surface area contributed by atoms with E-state index in [1.165, 1.54) is 32.1 Å². The van der Waals surface area contributed by atoms with E-state index in [2.05, 4.69) is 22.3 Å². The minimum Gasteiger partial charge on any atom is -1.00 e. The van der Waals surface area contributed by atoms with Gasteiger partial charge in [-0.3, -0.25) is 4.79 Å². The molecule has 0 aromatic carbocycles. The zero-order valence-corrected chi connectivity index (χ0v) is 13.6. The summed E-state index contributed by atoms with van der Waals surface area (Å²) in [5.74, 6) is 0.241. The van der Waals surface area contributed by atoms with Crippen molar-refractivity contribution < 1.29 is 26.3 Å². The van der Waals surface area contributed by atoms with Crippen LogP contribution in [0.1, 0.15) is 51.4 Å². The number of hydrogen-bond acceptors (Lipinski definition) is 1. The number of carbonyl (C=O) groups excluding carboxylic acids is 1. The number of nitrogens with zero attached hydrogens (tertiary/aromatic N) is 1. The first-order chi connectivity index (χ1) is 9.34. The second-order valence-corrected chi connectivity index (χ2v) is 5.47. The molecule has 0 bridgehead atoms. The SMILES string of the molecule is O=C(CCCC[n+]1ccccc1)NC1CCCCC1.[Br-]. The zero-order valence-electron chi connectivity index (χ0n) is 12.1. The fourth-order valence-electron chi connectivity index (χ4n) is 2.71. The number of aromatic nitrogens is 1. The van der Waals surface area contributed by atoms with E-state index < -0.39 is 0 Å². The summed E-state index contributed by atoms with van der Waals surface area (Å²) in [6.07, 6.45) is 13.1. The summed E-state index contributed by atoms with van der Waals surface area (Å²) in [5.41, 5.74) is 0. The smallest absolute Gasteiger partial charge is 0.220 e. The Hall–Kier alpha value is -0.900. The number of pyridine rings is 1. The van der Waals surface area contributed by atoms with Crippen molar-refractivity contribution in [2.45, 2.75) is 64.0 Å². The average Bonchev–Trinajstić information content (AvgIpc) is 2.46. The minimum absolute atomic E-state index is 0. The van der Waals surface area contributed by atoms with Crippen molar-refractivity contribution in [1.82, 2.24) is 5.32 Å². The third-order valence-electron chi connectivity index (χ3n) is 3.82. The molecule has 1 saturated carbocycles. The van der Waals surface area contributed by atoms with Crippen LogP contribution in [-0.2, 0) is 11.3 Å². The molecule has 1 fully saturated rings. The molecule has 1 aromatic heterocycles. The van der Waals surface area contributed by atoms with Crippen molar-refractivity contribution in [2.24, 2.45) is 0 Å². The van der Waals surface area contributed by atoms with Crippen LogP contribution in [0.5, 0.6) is 0 Å². The molecule has 0 unspecified atom stereocenters. The van der Waals surface area contributed by atoms with Gasteiger partial charge < -0.3 is 22.3 Å². The first-order valence-corrected chi connectivity index (χ1v) is 7.58. The molecule has 0 saturated heterocycles. The van der Waals surface area contributed by atoms with E-state index in [9.17, 15) is 4.79 Å². The standard InChI is InChI=1S/C16H24N2O.BrH/c19-16(17-15-9-3-1-4-10-15)11-5-8-14-18-12-6-2-7-13-18;/h2,6-7,12-13,15H,1,3-5,8-11,14H2;1H. The number of nitrogens with one attached hydrogen (secondary N) is 1. The third kappa shape index (κ3) is 6.51. The van der Waals surface area contributed by atoms with Gasteiger partial charge in [0.05, 0.1) is 0 Å². The molecule has 112 valence electrons. The van der Waals surface area contributed by atoms with Crippen molar-refractivity contribution >= 4 is 5.91 Å². The van der Waals surface area contributed by atoms with Crippen LogP contribution in [0.4, 0.5) is 0 Å². The van der Waals surface area contributed by atoms with Gasteiger partial charge in [-0.25, -0.2) is 4.57 Å². The summed E-state index contributed by atoms with van der Waals surface area (Å²) in [6, 6.07) is 6.55. The molecule has 1 aliphatic rings. The van der Waals surface area contributed by atoms with E-state index in [4.69, 9.17) is 0 Å². The number of rotatable bonds is 6. The molecule has 3 nitrogen and oxygen atoms in total. The second-order valence-electron chi connectivity index (χ2n) is 5.47. The van der Waals surface area contributed by atoms with E-state index >= 15 is 0 Å². The lowest BCUT2D eigenvalue weighted by Gasteiger charge is -2.22. The Bertz CT molecular complexity index is 377. The van der Waals surface area contributed by atoms with Gasteiger partial charge in [0.1, 0.15) is 6.54 Å². The van der Waals surface area contributed by atoms with E-state index in [-0.39, 0.29) is 22.9 Å². The van der Waals surface area contributed by atoms with Gasteiger partial charge in [0.25, 0.3) is 0 Å². The molecular weight excluding hydrogens is 316 g/mol. The van der Waals surface area contributed by atoms with E-state index in [1.54, 1.807) is 0 Å². The van der Waals surface area contributed by atoms with Crippen LogP contribution in [-0.4, -0.2) is 11.9 Å². The summed E-state index contributed by atoms with van der Waals surface area (Å²) in [7, 11) is 0. The van der Waals surface area contributed by atoms with Gasteiger partial charge in [-0.2, -0.15) is 0 Å². The molecule has 1 aliphatic carbocycles. The highest BCUT2D eigenvalue weighted by Gasteiger charge is 2.15. The van der Waals surface area contributed by atoms with E-state index in [1.807, 2.05) is 18.2 Å². The predicted molar refractivity (Wildman–Crippen MR) is 75.5 cm³/mol. The van der Waals surface area contributed by atoms with Crippen molar-refractivity contribution in [2.75, 3.05) is 0 Å². The highest BCUT2D eigenvalue weighted by Crippen LogP contribution is 2.17. The highest BCUT2D eigenvalue weighted by atomic mass is 79.9. The first-order valence-electron chi connectivity index (χ1n) is 7.58. The molecule has 0 atom stereocenters. The van der Waals surface area contributed by atoms with Crippen molar-refractivity contribution in [3.63, 3.8) is 0 Å². The van der Waals surface area contributed by atoms with Crippen LogP contribution in [0.25, 0.3) is 0 Å². The minimum atomic E-state index is 0. The van der Waals surface area contributed by atoms with E-state index in [0.717, 1.165) is 19.4 Å². The number of halogens is 1. The predicted octanol–water partition coefficient (Wildman–Crippen LogP) is -0.403. The Morgan fingerprint density at radius 1 is 1.05 bits per heavy atom. The molecular formula is C16H25BrN2O. The zero-order chi connectivity index (χ0) is 13.3. The normalized spacial score (nSPS) is 15.4. The molecule has 4 heteroatoms. The van der Waals surface area contributed by atoms with Crippen molar-refractivity contribution in [3.8, 4) is 0 Å². The Kier molecular flexibility index (Phi) is 8.51. The van der Waals surface area contributed by atoms with Crippen molar-refractivity contribution in [1.29, 1.82) is 0 Å². The fourth-order valence-corrected chi connectivity index (χ4v) is 2.71. The molecule has 1 aromatic rings. The molecule has 20 heavy (non-hydrogen) atoms. The quantitative estimate of drug-likeness (QED) is 0.554. The molecule has 1 heterocycles. The highest BCUT2D eigenvalue weighted by molar-refractivity contribution is 5.76. The molecule has 0 spiro atoms. The number of amides is 1. The van der Waals surface area contributed by atoms with Gasteiger partial charge in [-0.05, 0) is 19.3 Å². The molecule has 0 radical (unpaired) electrons. The Morgan fingerprint density at radius 3 is 2.45 bits per heavy atom. The molecule has 1 N–H and O–H groups in total. The van der Waals surface area contributed by atoms with Gasteiger partial charge in [0.15, 0.2) is 12.4 Å². The molecule has 0 aliphatic heterocycles. The van der Waals surface area contributed by atoms with Gasteiger partial charge in [0, 0.05) is 31.0 Å². The lowest BCUT2D eigenvalue weighted by Crippen LogP contribution is -3.00. The van der Waals surface area contributed by atoms with Crippen LogP contribution in [0.15, 0.2) is 30.6 Å². The number of hydrogen-bond donors (Lipinski definition) is 1. The number of unbranched alkanes of at least 4 members (excludes halogenated alkanes) is 1. The van der Waals surface area contributed by atoms with Crippen LogP contribution in [0.2, 0.25) is 0 Å². The summed E-state index contributed by atoms with van der Waals surface area (Å²) < 4.78 is 2.17. The van der Waals surface area contributed by atoms with Gasteiger partial charge in [-0.1, -0.05) is 25.3 Å². The first kappa shape index (κ1) is 17.2. The largest absolute Gasteiger partial charge is 1.00 e. The lowest BCUT2D eigenvalue weighted by molar-refractivity contribution is -0.697. The van der Waals surface area contributed by atoms with Crippen LogP contribution >= 0.6 is 0 Å². The van der Waals surface area contributed by atoms with Crippen LogP contribution < -0.4 is 26.9 Å². The maximum Gasteiger partial charge on any atom is 0.220 e.